The van der Waals surface area contributed by atoms with Crippen molar-refractivity contribution in [2.75, 3.05) is 5.32 Å². The summed E-state index contributed by atoms with van der Waals surface area (Å²) in [6.45, 7) is 1.35. The molecule has 0 spiro atoms. The van der Waals surface area contributed by atoms with Crippen molar-refractivity contribution >= 4 is 29.2 Å². The second-order valence-corrected chi connectivity index (χ2v) is 5.49. The van der Waals surface area contributed by atoms with E-state index in [1.807, 2.05) is 0 Å². The Morgan fingerprint density at radius 2 is 1.96 bits per heavy atom. The lowest BCUT2D eigenvalue weighted by atomic mass is 10.1. The molecule has 0 fully saturated rings. The van der Waals surface area contributed by atoms with E-state index in [0.29, 0.717) is 5.56 Å². The maximum atomic E-state index is 13.6. The molecule has 0 saturated heterocycles. The number of amides is 1. The maximum Gasteiger partial charge on any atom is 0.311 e. The number of benzene rings is 2. The number of ether oxygens (including phenoxy) is 1. The zero-order valence-corrected chi connectivity index (χ0v) is 13.4. The lowest BCUT2D eigenvalue weighted by molar-refractivity contribution is -0.152. The third-order valence-corrected chi connectivity index (χ3v) is 3.34. The van der Waals surface area contributed by atoms with E-state index in [4.69, 9.17) is 16.3 Å². The monoisotopic (exact) mass is 353 g/mol. The van der Waals surface area contributed by atoms with Crippen LogP contribution in [0.5, 0.6) is 0 Å². The summed E-state index contributed by atoms with van der Waals surface area (Å²) >= 11 is 5.62. The quantitative estimate of drug-likeness (QED) is 0.833. The Morgan fingerprint density at radius 1 is 1.21 bits per heavy atom. The van der Waals surface area contributed by atoms with Gasteiger partial charge in [0, 0.05) is 5.02 Å². The van der Waals surface area contributed by atoms with Crippen molar-refractivity contribution in [3.63, 3.8) is 0 Å². The molecule has 0 bridgehead atoms. The molecule has 0 aliphatic heterocycles. The molecule has 0 saturated carbocycles. The SMILES string of the molecule is C[C@@H](OC(=O)Cc1cccc(F)c1)C(=O)Nc1ccc(Cl)cc1F. The van der Waals surface area contributed by atoms with E-state index in [9.17, 15) is 18.4 Å². The molecule has 126 valence electrons. The highest BCUT2D eigenvalue weighted by Crippen LogP contribution is 2.19. The van der Waals surface area contributed by atoms with E-state index in [-0.39, 0.29) is 17.1 Å². The first-order chi connectivity index (χ1) is 11.3. The normalized spacial score (nSPS) is 11.7. The lowest BCUT2D eigenvalue weighted by Gasteiger charge is -2.14. The molecule has 0 aliphatic carbocycles. The summed E-state index contributed by atoms with van der Waals surface area (Å²) in [4.78, 5) is 23.7. The molecule has 0 aromatic heterocycles. The fourth-order valence-electron chi connectivity index (χ4n) is 1.93. The topological polar surface area (TPSA) is 55.4 Å². The van der Waals surface area contributed by atoms with Crippen molar-refractivity contribution in [2.45, 2.75) is 19.4 Å². The third-order valence-electron chi connectivity index (χ3n) is 3.10. The van der Waals surface area contributed by atoms with Crippen molar-refractivity contribution in [2.24, 2.45) is 0 Å². The zero-order chi connectivity index (χ0) is 17.7. The van der Waals surface area contributed by atoms with E-state index in [1.54, 1.807) is 6.07 Å². The maximum absolute atomic E-state index is 13.6. The second-order valence-electron chi connectivity index (χ2n) is 5.05. The summed E-state index contributed by atoms with van der Waals surface area (Å²) < 4.78 is 31.6. The van der Waals surface area contributed by atoms with Crippen LogP contribution in [-0.2, 0) is 20.7 Å². The summed E-state index contributed by atoms with van der Waals surface area (Å²) in [7, 11) is 0. The molecular formula is C17H14ClF2NO3. The van der Waals surface area contributed by atoms with Crippen LogP contribution in [0.25, 0.3) is 0 Å². The van der Waals surface area contributed by atoms with Crippen molar-refractivity contribution in [1.29, 1.82) is 0 Å². The molecule has 1 atom stereocenters. The number of halogens is 3. The van der Waals surface area contributed by atoms with Crippen LogP contribution >= 0.6 is 11.6 Å². The van der Waals surface area contributed by atoms with Crippen molar-refractivity contribution < 1.29 is 23.1 Å². The molecule has 1 amide bonds. The molecular weight excluding hydrogens is 340 g/mol. The lowest BCUT2D eigenvalue weighted by Crippen LogP contribution is -2.30. The molecule has 0 aliphatic rings. The molecule has 2 aromatic rings. The summed E-state index contributed by atoms with van der Waals surface area (Å²) in [5, 5.41) is 2.50. The van der Waals surface area contributed by atoms with Crippen LogP contribution in [0, 0.1) is 11.6 Å². The Balaban J connectivity index is 1.92. The molecule has 7 heteroatoms. The Morgan fingerprint density at radius 3 is 2.62 bits per heavy atom. The van der Waals surface area contributed by atoms with Gasteiger partial charge in [0.1, 0.15) is 11.6 Å². The molecule has 2 aromatic carbocycles. The first-order valence-electron chi connectivity index (χ1n) is 7.05. The summed E-state index contributed by atoms with van der Waals surface area (Å²) in [5.74, 6) is -2.55. The second kappa shape index (κ2) is 7.88. The summed E-state index contributed by atoms with van der Waals surface area (Å²) in [6.07, 6.45) is -1.31. The summed E-state index contributed by atoms with van der Waals surface area (Å²) in [6, 6.07) is 9.27. The largest absolute Gasteiger partial charge is 0.452 e. The van der Waals surface area contributed by atoms with Crippen LogP contribution in [0.4, 0.5) is 14.5 Å². The van der Waals surface area contributed by atoms with Crippen LogP contribution in [-0.4, -0.2) is 18.0 Å². The van der Waals surface area contributed by atoms with Crippen LogP contribution in [0.1, 0.15) is 12.5 Å². The molecule has 1 N–H and O–H groups in total. The van der Waals surface area contributed by atoms with Gasteiger partial charge in [-0.05, 0) is 42.8 Å². The first kappa shape index (κ1) is 17.9. The predicted molar refractivity (Wildman–Crippen MR) is 85.7 cm³/mol. The highest BCUT2D eigenvalue weighted by Gasteiger charge is 2.19. The number of hydrogen-bond acceptors (Lipinski definition) is 3. The predicted octanol–water partition coefficient (Wildman–Crippen LogP) is 3.73. The Labute approximate surface area is 142 Å². The molecule has 0 heterocycles. The summed E-state index contributed by atoms with van der Waals surface area (Å²) in [5.41, 5.74) is 0.355. The number of nitrogens with one attached hydrogen (secondary N) is 1. The smallest absolute Gasteiger partial charge is 0.311 e. The van der Waals surface area contributed by atoms with Gasteiger partial charge < -0.3 is 10.1 Å². The minimum absolute atomic E-state index is 0.0718. The van der Waals surface area contributed by atoms with Gasteiger partial charge in [-0.3, -0.25) is 9.59 Å². The number of carbonyl (C=O) groups excluding carboxylic acids is 2. The van der Waals surface area contributed by atoms with Gasteiger partial charge >= 0.3 is 5.97 Å². The van der Waals surface area contributed by atoms with Crippen LogP contribution < -0.4 is 5.32 Å². The van der Waals surface area contributed by atoms with Crippen LogP contribution in [0.2, 0.25) is 5.02 Å². The molecule has 24 heavy (non-hydrogen) atoms. The number of esters is 1. The van der Waals surface area contributed by atoms with E-state index in [1.165, 1.54) is 37.3 Å². The van der Waals surface area contributed by atoms with Gasteiger partial charge in [-0.2, -0.15) is 0 Å². The average Bonchev–Trinajstić information content (AvgIpc) is 2.49. The van der Waals surface area contributed by atoms with E-state index >= 15 is 0 Å². The van der Waals surface area contributed by atoms with E-state index < -0.39 is 29.6 Å². The number of carbonyl (C=O) groups is 2. The number of rotatable bonds is 5. The third kappa shape index (κ3) is 5.03. The van der Waals surface area contributed by atoms with Gasteiger partial charge in [0.25, 0.3) is 5.91 Å². The van der Waals surface area contributed by atoms with Gasteiger partial charge in [-0.25, -0.2) is 8.78 Å². The zero-order valence-electron chi connectivity index (χ0n) is 12.7. The van der Waals surface area contributed by atoms with Crippen molar-refractivity contribution in [3.8, 4) is 0 Å². The molecule has 2 rings (SSSR count). The van der Waals surface area contributed by atoms with Gasteiger partial charge in [-0.1, -0.05) is 23.7 Å². The first-order valence-corrected chi connectivity index (χ1v) is 7.43. The number of anilines is 1. The van der Waals surface area contributed by atoms with Crippen molar-refractivity contribution in [1.82, 2.24) is 0 Å². The minimum Gasteiger partial charge on any atom is -0.452 e. The standard InChI is InChI=1S/C17H14ClF2NO3/c1-10(17(23)21-15-6-5-12(18)9-14(15)20)24-16(22)8-11-3-2-4-13(19)7-11/h2-7,9-10H,8H2,1H3,(H,21,23)/t10-/m1/s1. The minimum atomic E-state index is -1.14. The van der Waals surface area contributed by atoms with Crippen LogP contribution in [0.3, 0.4) is 0 Å². The van der Waals surface area contributed by atoms with Crippen LogP contribution in [0.15, 0.2) is 42.5 Å². The van der Waals surface area contributed by atoms with Gasteiger partial charge in [0.15, 0.2) is 6.10 Å². The molecule has 4 nitrogen and oxygen atoms in total. The Bertz CT molecular complexity index is 767. The molecule has 0 unspecified atom stereocenters. The van der Waals surface area contributed by atoms with Crippen molar-refractivity contribution in [3.05, 3.63) is 64.7 Å². The highest BCUT2D eigenvalue weighted by atomic mass is 35.5. The fraction of sp³-hybridized carbons (Fsp3) is 0.176. The van der Waals surface area contributed by atoms with Gasteiger partial charge in [0.2, 0.25) is 0 Å². The van der Waals surface area contributed by atoms with Gasteiger partial charge in [-0.15, -0.1) is 0 Å². The average molecular weight is 354 g/mol. The molecule has 0 radical (unpaired) electrons. The van der Waals surface area contributed by atoms with Gasteiger partial charge in [0.05, 0.1) is 12.1 Å². The Kier molecular flexibility index (Phi) is 5.87. The highest BCUT2D eigenvalue weighted by molar-refractivity contribution is 6.30. The fourth-order valence-corrected chi connectivity index (χ4v) is 2.09. The Hall–Kier alpha value is -2.47. The number of hydrogen-bond donors (Lipinski definition) is 1. The van der Waals surface area contributed by atoms with E-state index in [0.717, 1.165) is 6.07 Å². The van der Waals surface area contributed by atoms with E-state index in [2.05, 4.69) is 5.32 Å².